The largest absolute Gasteiger partial charge is 0.393 e. The monoisotopic (exact) mass is 810 g/mol. The van der Waals surface area contributed by atoms with Gasteiger partial charge in [-0.25, -0.2) is 4.79 Å². The number of nitrogens with one attached hydrogen (secondary N) is 1. The standard InChI is InChI=1S/C55H58N2O4/c1-38-16-15-32-54(3)51(48-30-28-40(34-45(58)29-27-38)35-50(48)52(59)49-26-13-12-25-47(49)43-19-8-5-9-20-43)31-33-55(54,61)37-57(53(60)56-39(2)41-17-6-4-7-18-41)36-44-23-14-22-42-21-10-11-24-46(42)44/h4-14,16-26,28,30,35,39,45,51,58,61H,15,27,29,31-34,36-37H2,1-3H3,(H,56,60)/t39-,45+,51+,54+,55-/m1/s1. The van der Waals surface area contributed by atoms with Crippen LogP contribution in [0.15, 0.2) is 157 Å². The van der Waals surface area contributed by atoms with Gasteiger partial charge in [0.05, 0.1) is 24.3 Å². The third-order valence-corrected chi connectivity index (χ3v) is 13.8. The Balaban J connectivity index is 1.22. The predicted molar refractivity (Wildman–Crippen MR) is 246 cm³/mol. The van der Waals surface area contributed by atoms with Crippen LogP contribution in [0, 0.1) is 5.41 Å². The molecule has 3 aliphatic rings. The molecule has 6 nitrogen and oxygen atoms in total. The number of hydrogen-bond donors (Lipinski definition) is 3. The minimum absolute atomic E-state index is 0.0710. The topological polar surface area (TPSA) is 89.9 Å². The summed E-state index contributed by atoms with van der Waals surface area (Å²) in [7, 11) is 0. The number of aliphatic hydroxyl groups excluding tert-OH is 1. The SMILES string of the molecule is CC1=CCC[C@@]2(C)[C@@H](CC[C@@]2(O)CN(Cc2cccc3ccccc23)C(=O)N[C@H](C)c2ccccc2)c2ccc(cc2C(=O)c2ccccc2-c2ccccc2)C[C@@H](O)CC1. The molecule has 0 radical (unpaired) electrons. The fraction of sp³-hybridized carbons (Fsp3) is 0.309. The number of ketones is 1. The number of amides is 2. The molecule has 3 N–H and O–H groups in total. The lowest BCUT2D eigenvalue weighted by atomic mass is 9.64. The highest BCUT2D eigenvalue weighted by molar-refractivity contribution is 6.14. The third kappa shape index (κ3) is 8.84. The smallest absolute Gasteiger partial charge is 0.318 e. The molecule has 6 heteroatoms. The maximum absolute atomic E-state index is 15.2. The first kappa shape index (κ1) is 41.9. The van der Waals surface area contributed by atoms with Gasteiger partial charge >= 0.3 is 6.03 Å². The van der Waals surface area contributed by atoms with Crippen LogP contribution in [0.4, 0.5) is 4.79 Å². The highest BCUT2D eigenvalue weighted by Gasteiger charge is 2.57. The number of hydrogen-bond acceptors (Lipinski definition) is 4. The maximum Gasteiger partial charge on any atom is 0.318 e. The number of allylic oxidation sites excluding steroid dienone is 2. The molecule has 0 saturated heterocycles. The molecule has 1 fully saturated rings. The van der Waals surface area contributed by atoms with E-state index >= 15 is 4.79 Å². The molecule has 9 rings (SSSR count). The molecular formula is C55H58N2O4. The van der Waals surface area contributed by atoms with Crippen molar-refractivity contribution in [3.05, 3.63) is 191 Å². The Morgan fingerprint density at radius 3 is 2.31 bits per heavy atom. The van der Waals surface area contributed by atoms with Crippen molar-refractivity contribution in [3.8, 4) is 11.1 Å². The van der Waals surface area contributed by atoms with E-state index in [4.69, 9.17) is 0 Å². The third-order valence-electron chi connectivity index (χ3n) is 13.8. The molecule has 0 aromatic heterocycles. The summed E-state index contributed by atoms with van der Waals surface area (Å²) in [5.41, 5.74) is 6.08. The van der Waals surface area contributed by atoms with Crippen LogP contribution in [0.1, 0.15) is 109 Å². The van der Waals surface area contributed by atoms with E-state index in [1.54, 1.807) is 0 Å². The van der Waals surface area contributed by atoms with E-state index in [1.165, 1.54) is 5.57 Å². The van der Waals surface area contributed by atoms with Gasteiger partial charge in [-0.2, -0.15) is 0 Å². The van der Waals surface area contributed by atoms with Crippen LogP contribution in [0.3, 0.4) is 0 Å². The van der Waals surface area contributed by atoms with Crippen LogP contribution in [0.5, 0.6) is 0 Å². The summed E-state index contributed by atoms with van der Waals surface area (Å²) in [5.74, 6) is -0.264. The number of benzene rings is 6. The van der Waals surface area contributed by atoms with E-state index in [1.807, 2.05) is 121 Å². The summed E-state index contributed by atoms with van der Waals surface area (Å²) in [6, 6.07) is 47.9. The Hall–Kier alpha value is -5.82. The Morgan fingerprint density at radius 1 is 0.803 bits per heavy atom. The predicted octanol–water partition coefficient (Wildman–Crippen LogP) is 11.7. The molecule has 61 heavy (non-hydrogen) atoms. The molecule has 2 bridgehead atoms. The van der Waals surface area contributed by atoms with E-state index in [9.17, 15) is 15.0 Å². The van der Waals surface area contributed by atoms with E-state index in [0.717, 1.165) is 57.0 Å². The van der Waals surface area contributed by atoms with Gasteiger partial charge in [-0.3, -0.25) is 4.79 Å². The normalized spacial score (nSPS) is 22.1. The van der Waals surface area contributed by atoms with Crippen molar-refractivity contribution in [2.75, 3.05) is 6.54 Å². The van der Waals surface area contributed by atoms with Crippen molar-refractivity contribution >= 4 is 22.6 Å². The first-order valence-electron chi connectivity index (χ1n) is 22.0. The second-order valence-corrected chi connectivity index (χ2v) is 17.8. The highest BCUT2D eigenvalue weighted by atomic mass is 16.3. The summed E-state index contributed by atoms with van der Waals surface area (Å²) in [5, 5.41) is 30.1. The molecule has 0 aliphatic heterocycles. The van der Waals surface area contributed by atoms with E-state index in [-0.39, 0.29) is 30.3 Å². The molecule has 312 valence electrons. The molecule has 0 unspecified atom stereocenters. The van der Waals surface area contributed by atoms with Gasteiger partial charge < -0.3 is 20.4 Å². The average molecular weight is 811 g/mol. The van der Waals surface area contributed by atoms with Crippen molar-refractivity contribution in [2.24, 2.45) is 5.41 Å². The number of carbonyl (C=O) groups is 2. The molecule has 2 amide bonds. The van der Waals surface area contributed by atoms with Gasteiger partial charge in [-0.15, -0.1) is 0 Å². The van der Waals surface area contributed by atoms with Gasteiger partial charge in [0.1, 0.15) is 0 Å². The maximum atomic E-state index is 15.2. The molecule has 6 aromatic rings. The second-order valence-electron chi connectivity index (χ2n) is 17.8. The van der Waals surface area contributed by atoms with Gasteiger partial charge in [0.2, 0.25) is 0 Å². The van der Waals surface area contributed by atoms with Crippen LogP contribution in [0.25, 0.3) is 21.9 Å². The first-order valence-corrected chi connectivity index (χ1v) is 22.0. The van der Waals surface area contributed by atoms with E-state index in [2.05, 4.69) is 61.6 Å². The summed E-state index contributed by atoms with van der Waals surface area (Å²) in [6.45, 7) is 6.73. The molecule has 0 heterocycles. The van der Waals surface area contributed by atoms with Crippen molar-refractivity contribution in [2.45, 2.75) is 95.9 Å². The van der Waals surface area contributed by atoms with Gasteiger partial charge in [0, 0.05) is 23.1 Å². The minimum Gasteiger partial charge on any atom is -0.393 e. The molecular weight excluding hydrogens is 753 g/mol. The first-order chi connectivity index (χ1) is 29.5. The fourth-order valence-corrected chi connectivity index (χ4v) is 10.1. The zero-order valence-corrected chi connectivity index (χ0v) is 35.7. The Kier molecular flexibility index (Phi) is 12.4. The van der Waals surface area contributed by atoms with Crippen LogP contribution < -0.4 is 5.32 Å². The molecule has 0 spiro atoms. The Morgan fingerprint density at radius 2 is 1.51 bits per heavy atom. The Labute approximate surface area is 361 Å². The van der Waals surface area contributed by atoms with Crippen molar-refractivity contribution in [1.82, 2.24) is 10.2 Å². The number of nitrogens with zero attached hydrogens (tertiary/aromatic N) is 1. The summed E-state index contributed by atoms with van der Waals surface area (Å²) in [4.78, 5) is 31.7. The van der Waals surface area contributed by atoms with Crippen molar-refractivity contribution < 1.29 is 19.8 Å². The number of carbonyl (C=O) groups excluding carboxylic acids is 2. The van der Waals surface area contributed by atoms with E-state index in [0.29, 0.717) is 49.8 Å². The summed E-state index contributed by atoms with van der Waals surface area (Å²) < 4.78 is 0. The quantitative estimate of drug-likeness (QED) is 0.100. The molecule has 6 aromatic carbocycles. The van der Waals surface area contributed by atoms with Crippen LogP contribution >= 0.6 is 0 Å². The van der Waals surface area contributed by atoms with Gasteiger partial charge in [-0.05, 0) is 115 Å². The van der Waals surface area contributed by atoms with Crippen LogP contribution in [0.2, 0.25) is 0 Å². The van der Waals surface area contributed by atoms with Crippen molar-refractivity contribution in [3.63, 3.8) is 0 Å². The number of fused-ring (bicyclic) bond motifs is 9. The minimum atomic E-state index is -1.30. The number of aliphatic hydroxyl groups is 2. The van der Waals surface area contributed by atoms with Gasteiger partial charge in [0.15, 0.2) is 5.78 Å². The number of urea groups is 1. The zero-order valence-electron chi connectivity index (χ0n) is 35.7. The lowest BCUT2D eigenvalue weighted by molar-refractivity contribution is -0.0780. The molecule has 3 aliphatic carbocycles. The molecule has 1 saturated carbocycles. The van der Waals surface area contributed by atoms with Gasteiger partial charge in [-0.1, -0.05) is 158 Å². The molecule has 5 atom stereocenters. The number of rotatable bonds is 9. The van der Waals surface area contributed by atoms with Crippen molar-refractivity contribution in [1.29, 1.82) is 0 Å². The lowest BCUT2D eigenvalue weighted by Crippen LogP contribution is -2.55. The fourth-order valence-electron chi connectivity index (χ4n) is 10.1. The van der Waals surface area contributed by atoms with E-state index < -0.39 is 17.1 Å². The zero-order chi connectivity index (χ0) is 42.6. The van der Waals surface area contributed by atoms with Crippen LogP contribution in [-0.2, 0) is 13.0 Å². The lowest BCUT2D eigenvalue weighted by Gasteiger charge is -2.46. The second kappa shape index (κ2) is 18.0. The average Bonchev–Trinajstić information content (AvgIpc) is 3.53. The summed E-state index contributed by atoms with van der Waals surface area (Å²) in [6.07, 6.45) is 6.00. The summed E-state index contributed by atoms with van der Waals surface area (Å²) >= 11 is 0. The highest BCUT2D eigenvalue weighted by Crippen LogP contribution is 2.59. The Bertz CT molecular complexity index is 2530. The van der Waals surface area contributed by atoms with Gasteiger partial charge in [0.25, 0.3) is 0 Å². The van der Waals surface area contributed by atoms with Crippen LogP contribution in [-0.4, -0.2) is 45.2 Å².